The first-order chi connectivity index (χ1) is 14.4. The zero-order chi connectivity index (χ0) is 23.2. The van der Waals surface area contributed by atoms with Crippen LogP contribution in [0.15, 0.2) is 35.4 Å². The zero-order valence-electron chi connectivity index (χ0n) is 20.3. The van der Waals surface area contributed by atoms with Gasteiger partial charge in [-0.25, -0.2) is 0 Å². The highest BCUT2D eigenvalue weighted by atomic mass is 16.5. The largest absolute Gasteiger partial charge is 0.508 e. The average molecular weight is 431 g/mol. The summed E-state index contributed by atoms with van der Waals surface area (Å²) in [5.41, 5.74) is 3.27. The lowest BCUT2D eigenvalue weighted by molar-refractivity contribution is -0.0691. The van der Waals surface area contributed by atoms with Gasteiger partial charge in [0, 0.05) is 0 Å². The molecule has 0 saturated carbocycles. The molecule has 3 N–H and O–H groups in total. The molecule has 1 aliphatic rings. The Morgan fingerprint density at radius 1 is 1.23 bits per heavy atom. The molecule has 1 aliphatic heterocycles. The van der Waals surface area contributed by atoms with Gasteiger partial charge in [0.2, 0.25) is 0 Å². The van der Waals surface area contributed by atoms with Gasteiger partial charge < -0.3 is 20.1 Å². The van der Waals surface area contributed by atoms with Crippen molar-refractivity contribution in [2.45, 2.75) is 110 Å². The van der Waals surface area contributed by atoms with Crippen LogP contribution >= 0.6 is 0 Å². The SMILES string of the molecule is CC(C)=CCC[C@@](C)(O)[C@@H](O)CC/C(C)=C/CC[C@@]1(C)CCc2cc(O)cc(C)c2O1. The quantitative estimate of drug-likeness (QED) is 0.389. The van der Waals surface area contributed by atoms with E-state index in [0.717, 1.165) is 55.4 Å². The summed E-state index contributed by atoms with van der Waals surface area (Å²) in [5, 5.41) is 30.8. The molecule has 174 valence electrons. The van der Waals surface area contributed by atoms with E-state index in [1.165, 1.54) is 11.1 Å². The molecule has 0 aliphatic carbocycles. The molecule has 0 fully saturated rings. The molecule has 3 atom stereocenters. The predicted molar refractivity (Wildman–Crippen MR) is 128 cm³/mol. The summed E-state index contributed by atoms with van der Waals surface area (Å²) < 4.78 is 6.37. The van der Waals surface area contributed by atoms with E-state index in [9.17, 15) is 15.3 Å². The number of phenolic OH excluding ortho intramolecular Hbond substituents is 1. The van der Waals surface area contributed by atoms with E-state index in [4.69, 9.17) is 4.74 Å². The lowest BCUT2D eigenvalue weighted by Gasteiger charge is -2.36. The molecule has 0 radical (unpaired) electrons. The molecule has 31 heavy (non-hydrogen) atoms. The minimum atomic E-state index is -1.06. The number of hydrogen-bond acceptors (Lipinski definition) is 4. The van der Waals surface area contributed by atoms with Crippen LogP contribution in [0.3, 0.4) is 0 Å². The number of aryl methyl sites for hydroxylation is 2. The second-order valence-corrected chi connectivity index (χ2v) is 10.1. The third-order valence-electron chi connectivity index (χ3n) is 6.51. The van der Waals surface area contributed by atoms with Crippen molar-refractivity contribution in [2.24, 2.45) is 0 Å². The third-order valence-corrected chi connectivity index (χ3v) is 6.51. The van der Waals surface area contributed by atoms with E-state index >= 15 is 0 Å². The highest BCUT2D eigenvalue weighted by Crippen LogP contribution is 2.39. The number of aromatic hydroxyl groups is 1. The van der Waals surface area contributed by atoms with Crippen molar-refractivity contribution in [1.82, 2.24) is 0 Å². The number of allylic oxidation sites excluding steroid dienone is 4. The Morgan fingerprint density at radius 3 is 2.61 bits per heavy atom. The maximum absolute atomic E-state index is 10.6. The number of phenols is 1. The number of aliphatic hydroxyl groups excluding tert-OH is 1. The van der Waals surface area contributed by atoms with Crippen molar-refractivity contribution < 1.29 is 20.1 Å². The van der Waals surface area contributed by atoms with Gasteiger partial charge in [0.15, 0.2) is 0 Å². The van der Waals surface area contributed by atoms with Crippen LogP contribution in [0.5, 0.6) is 11.5 Å². The molecular weight excluding hydrogens is 388 g/mol. The van der Waals surface area contributed by atoms with Crippen LogP contribution in [0.25, 0.3) is 0 Å². The van der Waals surface area contributed by atoms with Crippen molar-refractivity contribution in [3.63, 3.8) is 0 Å². The van der Waals surface area contributed by atoms with Crippen LogP contribution in [0.2, 0.25) is 0 Å². The Balaban J connectivity index is 1.82. The number of rotatable bonds is 10. The Hall–Kier alpha value is -1.78. The number of ether oxygens (including phenoxy) is 1. The minimum absolute atomic E-state index is 0.209. The number of fused-ring (bicyclic) bond motifs is 1. The summed E-state index contributed by atoms with van der Waals surface area (Å²) in [6, 6.07) is 3.57. The fourth-order valence-corrected chi connectivity index (χ4v) is 4.25. The van der Waals surface area contributed by atoms with E-state index in [2.05, 4.69) is 26.0 Å². The van der Waals surface area contributed by atoms with Gasteiger partial charge in [-0.05, 0) is 116 Å². The standard InChI is InChI=1S/C27H42O4/c1-19(2)9-7-15-27(6,30)24(29)12-11-20(3)10-8-14-26(5)16-13-22-18-23(28)17-21(4)25(22)31-26/h9-10,17-18,24,28-30H,7-8,11-16H2,1-6H3/b20-10+/t24-,26-,27+/m0/s1. The van der Waals surface area contributed by atoms with Gasteiger partial charge in [-0.15, -0.1) is 0 Å². The van der Waals surface area contributed by atoms with Gasteiger partial charge in [-0.1, -0.05) is 23.3 Å². The second kappa shape index (κ2) is 10.7. The van der Waals surface area contributed by atoms with Crippen molar-refractivity contribution in [2.75, 3.05) is 0 Å². The van der Waals surface area contributed by atoms with Gasteiger partial charge in [-0.2, -0.15) is 0 Å². The lowest BCUT2D eigenvalue weighted by atomic mass is 9.87. The van der Waals surface area contributed by atoms with Crippen LogP contribution in [0, 0.1) is 6.92 Å². The minimum Gasteiger partial charge on any atom is -0.508 e. The first kappa shape index (κ1) is 25.5. The van der Waals surface area contributed by atoms with Gasteiger partial charge >= 0.3 is 0 Å². The molecule has 0 unspecified atom stereocenters. The smallest absolute Gasteiger partial charge is 0.126 e. The van der Waals surface area contributed by atoms with Crippen LogP contribution in [0.4, 0.5) is 0 Å². The molecule has 1 heterocycles. The molecule has 4 heteroatoms. The number of aliphatic hydroxyl groups is 2. The molecule has 0 bridgehead atoms. The van der Waals surface area contributed by atoms with E-state index in [-0.39, 0.29) is 5.60 Å². The average Bonchev–Trinajstić information content (AvgIpc) is 2.66. The van der Waals surface area contributed by atoms with Crippen LogP contribution in [-0.4, -0.2) is 32.6 Å². The van der Waals surface area contributed by atoms with E-state index in [0.29, 0.717) is 18.6 Å². The fraction of sp³-hybridized carbons (Fsp3) is 0.630. The summed E-state index contributed by atoms with van der Waals surface area (Å²) in [6.45, 7) is 12.1. The molecular formula is C27H42O4. The zero-order valence-corrected chi connectivity index (χ0v) is 20.3. The van der Waals surface area contributed by atoms with Gasteiger partial charge in [-0.3, -0.25) is 0 Å². The molecule has 0 aromatic heterocycles. The van der Waals surface area contributed by atoms with Crippen molar-refractivity contribution in [3.8, 4) is 11.5 Å². The van der Waals surface area contributed by atoms with E-state index in [1.807, 2.05) is 26.8 Å². The van der Waals surface area contributed by atoms with Crippen LogP contribution in [0.1, 0.15) is 90.7 Å². The maximum Gasteiger partial charge on any atom is 0.126 e. The van der Waals surface area contributed by atoms with Crippen molar-refractivity contribution in [3.05, 3.63) is 46.6 Å². The summed E-state index contributed by atoms with van der Waals surface area (Å²) >= 11 is 0. The second-order valence-electron chi connectivity index (χ2n) is 10.1. The van der Waals surface area contributed by atoms with Crippen molar-refractivity contribution in [1.29, 1.82) is 0 Å². The van der Waals surface area contributed by atoms with E-state index < -0.39 is 11.7 Å². The molecule has 0 spiro atoms. The molecule has 2 rings (SSSR count). The summed E-state index contributed by atoms with van der Waals surface area (Å²) in [7, 11) is 0. The van der Waals surface area contributed by atoms with Crippen LogP contribution < -0.4 is 4.74 Å². The Bertz CT molecular complexity index is 802. The van der Waals surface area contributed by atoms with Gasteiger partial charge in [0.25, 0.3) is 0 Å². The first-order valence-electron chi connectivity index (χ1n) is 11.6. The number of hydrogen-bond donors (Lipinski definition) is 3. The Morgan fingerprint density at radius 2 is 1.94 bits per heavy atom. The van der Waals surface area contributed by atoms with Crippen LogP contribution in [-0.2, 0) is 6.42 Å². The molecule has 0 saturated heterocycles. The Labute approximate surface area is 188 Å². The topological polar surface area (TPSA) is 69.9 Å². The lowest BCUT2D eigenvalue weighted by Crippen LogP contribution is -2.39. The maximum atomic E-state index is 10.6. The number of benzene rings is 1. The van der Waals surface area contributed by atoms with Gasteiger partial charge in [0.05, 0.1) is 11.7 Å². The molecule has 0 amide bonds. The normalized spacial score (nSPS) is 21.6. The molecule has 1 aromatic carbocycles. The molecule has 4 nitrogen and oxygen atoms in total. The highest BCUT2D eigenvalue weighted by Gasteiger charge is 2.32. The summed E-state index contributed by atoms with van der Waals surface area (Å²) in [5.74, 6) is 1.23. The first-order valence-corrected chi connectivity index (χ1v) is 11.6. The molecule has 1 aromatic rings. The summed E-state index contributed by atoms with van der Waals surface area (Å²) in [4.78, 5) is 0. The van der Waals surface area contributed by atoms with Crippen molar-refractivity contribution >= 4 is 0 Å². The fourth-order valence-electron chi connectivity index (χ4n) is 4.25. The Kier molecular flexibility index (Phi) is 8.79. The monoisotopic (exact) mass is 430 g/mol. The summed E-state index contributed by atoms with van der Waals surface area (Å²) in [6.07, 6.45) is 9.99. The highest BCUT2D eigenvalue weighted by molar-refractivity contribution is 5.47. The predicted octanol–water partition coefficient (Wildman–Crippen LogP) is 6.15. The van der Waals surface area contributed by atoms with E-state index in [1.54, 1.807) is 13.0 Å². The third kappa shape index (κ3) is 7.69. The van der Waals surface area contributed by atoms with Gasteiger partial charge in [0.1, 0.15) is 17.1 Å².